The molecule has 0 aromatic heterocycles. The Morgan fingerprint density at radius 1 is 1.03 bits per heavy atom. The molecular weight excluding hydrogens is 446 g/mol. The Balaban J connectivity index is 1.74. The molecule has 1 N–H and O–H groups in total. The molecule has 3 nitrogen and oxygen atoms in total. The van der Waals surface area contributed by atoms with Crippen LogP contribution in [0.2, 0.25) is 0 Å². The van der Waals surface area contributed by atoms with E-state index < -0.39 is 28.9 Å². The van der Waals surface area contributed by atoms with E-state index in [0.29, 0.717) is 30.9 Å². The maximum Gasteiger partial charge on any atom is 0.416 e. The Bertz CT molecular complexity index is 810. The quantitative estimate of drug-likeness (QED) is 0.506. The van der Waals surface area contributed by atoms with Crippen LogP contribution in [0, 0.1) is 17.3 Å². The molecule has 2 aliphatic rings. The van der Waals surface area contributed by atoms with Gasteiger partial charge in [-0.3, -0.25) is 4.79 Å². The van der Waals surface area contributed by atoms with Gasteiger partial charge in [-0.2, -0.15) is 26.3 Å². The molecule has 2 atom stereocenters. The van der Waals surface area contributed by atoms with Crippen molar-refractivity contribution in [2.24, 2.45) is 17.3 Å². The number of halogens is 6. The number of nitrogens with zero attached hydrogens (tertiary/aromatic N) is 1. The van der Waals surface area contributed by atoms with Crippen molar-refractivity contribution in [2.75, 3.05) is 13.1 Å². The molecule has 0 radical (unpaired) electrons. The molecule has 1 aliphatic carbocycles. The molecule has 33 heavy (non-hydrogen) atoms. The average molecular weight is 479 g/mol. The van der Waals surface area contributed by atoms with Crippen LogP contribution in [0.3, 0.4) is 0 Å². The highest BCUT2D eigenvalue weighted by molar-refractivity contribution is 5.83. The number of likely N-dealkylation sites (tertiary alicyclic amines) is 1. The number of hydrogen-bond acceptors (Lipinski definition) is 2. The third-order valence-corrected chi connectivity index (χ3v) is 7.52. The van der Waals surface area contributed by atoms with Crippen LogP contribution >= 0.6 is 0 Å². The van der Waals surface area contributed by atoms with E-state index in [4.69, 9.17) is 0 Å². The number of piperidine rings is 1. The number of amides is 1. The van der Waals surface area contributed by atoms with Gasteiger partial charge in [0.1, 0.15) is 0 Å². The van der Waals surface area contributed by atoms with Crippen LogP contribution in [0.5, 0.6) is 0 Å². The summed E-state index contributed by atoms with van der Waals surface area (Å²) >= 11 is 0. The second-order valence-electron chi connectivity index (χ2n) is 10.0. The Kier molecular flexibility index (Phi) is 7.42. The van der Waals surface area contributed by atoms with E-state index in [9.17, 15) is 31.1 Å². The van der Waals surface area contributed by atoms with Crippen LogP contribution in [-0.2, 0) is 23.7 Å². The van der Waals surface area contributed by atoms with Crippen LogP contribution in [0.1, 0.15) is 69.6 Å². The lowest BCUT2D eigenvalue weighted by Gasteiger charge is -2.37. The van der Waals surface area contributed by atoms with Crippen molar-refractivity contribution in [3.05, 3.63) is 34.9 Å². The minimum absolute atomic E-state index is 0.00143. The van der Waals surface area contributed by atoms with Crippen molar-refractivity contribution in [2.45, 2.75) is 77.8 Å². The Labute approximate surface area is 190 Å². The van der Waals surface area contributed by atoms with Gasteiger partial charge in [-0.1, -0.05) is 20.8 Å². The Hall–Kier alpha value is -1.77. The number of benzene rings is 1. The Morgan fingerprint density at radius 3 is 2.06 bits per heavy atom. The smallest absolute Gasteiger partial charge is 0.352 e. The lowest BCUT2D eigenvalue weighted by atomic mass is 9.74. The third kappa shape index (κ3) is 5.84. The number of carbonyl (C=O) groups is 1. The zero-order valence-electron chi connectivity index (χ0n) is 19.2. The van der Waals surface area contributed by atoms with Gasteiger partial charge in [-0.25, -0.2) is 0 Å². The number of carbonyl (C=O) groups excluding carboxylic acids is 1. The first kappa shape index (κ1) is 25.8. The second-order valence-corrected chi connectivity index (χ2v) is 10.0. The largest absolute Gasteiger partial charge is 0.416 e. The molecule has 1 saturated heterocycles. The summed E-state index contributed by atoms with van der Waals surface area (Å²) in [5, 5.41) is 2.66. The van der Waals surface area contributed by atoms with Gasteiger partial charge in [0.25, 0.3) is 0 Å². The standard InChI is InChI=1S/C24H32F6N2O/c1-15(2)22(7-4-20(13-22)32-8-5-16(3)6-9-32)21(33)31-14-17-10-18(23(25,26)27)12-19(11-17)24(28,29)30/h10-12,15-16,20H,4-9,13-14H2,1-3H3,(H,31,33). The van der Waals surface area contributed by atoms with Crippen molar-refractivity contribution in [1.29, 1.82) is 0 Å². The summed E-state index contributed by atoms with van der Waals surface area (Å²) < 4.78 is 78.8. The summed E-state index contributed by atoms with van der Waals surface area (Å²) in [7, 11) is 0. The second kappa shape index (κ2) is 9.47. The maximum atomic E-state index is 13.3. The number of nitrogens with one attached hydrogen (secondary N) is 1. The van der Waals surface area contributed by atoms with Crippen molar-refractivity contribution in [3.8, 4) is 0 Å². The summed E-state index contributed by atoms with van der Waals surface area (Å²) in [6.07, 6.45) is -5.41. The molecule has 0 spiro atoms. The SMILES string of the molecule is CC1CCN(C2CCC(C(=O)NCc3cc(C(F)(F)F)cc(C(F)(F)F)c3)(C(C)C)C2)CC1. The highest BCUT2D eigenvalue weighted by atomic mass is 19.4. The van der Waals surface area contributed by atoms with Gasteiger partial charge in [0.05, 0.1) is 16.5 Å². The van der Waals surface area contributed by atoms with E-state index in [2.05, 4.69) is 17.1 Å². The number of alkyl halides is 6. The summed E-state index contributed by atoms with van der Waals surface area (Å²) in [6.45, 7) is 7.73. The minimum atomic E-state index is -4.91. The first-order valence-corrected chi connectivity index (χ1v) is 11.5. The maximum absolute atomic E-state index is 13.3. The van der Waals surface area contributed by atoms with E-state index >= 15 is 0 Å². The van der Waals surface area contributed by atoms with Gasteiger partial charge in [0, 0.05) is 12.6 Å². The van der Waals surface area contributed by atoms with Gasteiger partial charge >= 0.3 is 12.4 Å². The van der Waals surface area contributed by atoms with Crippen LogP contribution in [0.15, 0.2) is 18.2 Å². The first-order chi connectivity index (χ1) is 15.2. The predicted octanol–water partition coefficient (Wildman–Crippen LogP) is 6.27. The van der Waals surface area contributed by atoms with E-state index in [-0.39, 0.29) is 36.0 Å². The molecular formula is C24H32F6N2O. The molecule has 186 valence electrons. The van der Waals surface area contributed by atoms with E-state index in [1.165, 1.54) is 0 Å². The lowest BCUT2D eigenvalue weighted by molar-refractivity contribution is -0.143. The topological polar surface area (TPSA) is 32.3 Å². The normalized spacial score (nSPS) is 25.6. The fourth-order valence-corrected chi connectivity index (χ4v) is 5.23. The van der Waals surface area contributed by atoms with Crippen LogP contribution in [0.4, 0.5) is 26.3 Å². The third-order valence-electron chi connectivity index (χ3n) is 7.52. The summed E-state index contributed by atoms with van der Waals surface area (Å²) in [5.41, 5.74) is -3.65. The zero-order valence-corrected chi connectivity index (χ0v) is 19.2. The molecule has 2 unspecified atom stereocenters. The van der Waals surface area contributed by atoms with E-state index in [1.54, 1.807) is 0 Å². The monoisotopic (exact) mass is 478 g/mol. The number of hydrogen-bond donors (Lipinski definition) is 1. The molecule has 1 saturated carbocycles. The van der Waals surface area contributed by atoms with Crippen LogP contribution < -0.4 is 5.32 Å². The van der Waals surface area contributed by atoms with Crippen molar-refractivity contribution in [1.82, 2.24) is 10.2 Å². The summed E-state index contributed by atoms with van der Waals surface area (Å²) in [4.78, 5) is 15.7. The summed E-state index contributed by atoms with van der Waals surface area (Å²) in [5.74, 6) is 0.393. The van der Waals surface area contributed by atoms with Gasteiger partial charge in [0.15, 0.2) is 0 Å². The zero-order chi connectivity index (χ0) is 24.6. The van der Waals surface area contributed by atoms with E-state index in [0.717, 1.165) is 32.4 Å². The van der Waals surface area contributed by atoms with Crippen molar-refractivity contribution < 1.29 is 31.1 Å². The molecule has 0 bridgehead atoms. The van der Waals surface area contributed by atoms with Gasteiger partial charge in [0.2, 0.25) is 5.91 Å². The molecule has 3 rings (SSSR count). The highest BCUT2D eigenvalue weighted by Gasteiger charge is 2.49. The highest BCUT2D eigenvalue weighted by Crippen LogP contribution is 2.47. The van der Waals surface area contributed by atoms with Crippen LogP contribution in [0.25, 0.3) is 0 Å². The molecule has 1 heterocycles. The molecule has 9 heteroatoms. The fourth-order valence-electron chi connectivity index (χ4n) is 5.23. The minimum Gasteiger partial charge on any atom is -0.352 e. The molecule has 1 amide bonds. The average Bonchev–Trinajstić information content (AvgIpc) is 3.18. The molecule has 2 fully saturated rings. The van der Waals surface area contributed by atoms with Gasteiger partial charge in [-0.15, -0.1) is 0 Å². The predicted molar refractivity (Wildman–Crippen MR) is 113 cm³/mol. The fraction of sp³-hybridized carbons (Fsp3) is 0.708. The number of rotatable bonds is 5. The molecule has 1 aromatic carbocycles. The molecule has 1 aromatic rings. The van der Waals surface area contributed by atoms with Gasteiger partial charge < -0.3 is 10.2 Å². The lowest BCUT2D eigenvalue weighted by Crippen LogP contribution is -2.45. The Morgan fingerprint density at radius 2 is 1.58 bits per heavy atom. The van der Waals surface area contributed by atoms with Crippen molar-refractivity contribution >= 4 is 5.91 Å². The van der Waals surface area contributed by atoms with Gasteiger partial charge in [-0.05, 0) is 80.8 Å². The van der Waals surface area contributed by atoms with Crippen LogP contribution in [-0.4, -0.2) is 29.9 Å². The first-order valence-electron chi connectivity index (χ1n) is 11.5. The van der Waals surface area contributed by atoms with Crippen molar-refractivity contribution in [3.63, 3.8) is 0 Å². The summed E-state index contributed by atoms with van der Waals surface area (Å²) in [6, 6.07) is 1.71. The van der Waals surface area contributed by atoms with E-state index in [1.807, 2.05) is 13.8 Å². The molecule has 1 aliphatic heterocycles.